The molecule has 0 aromatic heterocycles. The zero-order valence-corrected chi connectivity index (χ0v) is 15.4. The van der Waals surface area contributed by atoms with Crippen molar-refractivity contribution in [1.82, 2.24) is 9.80 Å². The van der Waals surface area contributed by atoms with Gasteiger partial charge in [-0.25, -0.2) is 13.2 Å². The molecular weight excluding hydrogens is 362 g/mol. The van der Waals surface area contributed by atoms with Gasteiger partial charge in [0.25, 0.3) is 0 Å². The molecule has 1 aromatic carbocycles. The number of nitrogens with zero attached hydrogens (tertiary/aromatic N) is 3. The van der Waals surface area contributed by atoms with Crippen molar-refractivity contribution >= 4 is 34.0 Å². The summed E-state index contributed by atoms with van der Waals surface area (Å²) in [7, 11) is -2.62. The lowest BCUT2D eigenvalue weighted by Gasteiger charge is -2.34. The highest BCUT2D eigenvalue weighted by molar-refractivity contribution is 7.92. The second kappa shape index (κ2) is 8.17. The van der Waals surface area contributed by atoms with Crippen LogP contribution in [0.5, 0.6) is 0 Å². The van der Waals surface area contributed by atoms with Crippen LogP contribution in [-0.4, -0.2) is 82.6 Å². The standard InChI is InChI=1S/C16H21N3O6S/c1-25-16(22)13-5-3-4-6-14(13)19(26(2,23)24)11-15(21)18-9-7-17(12-20)8-10-18/h3-6,12H,7-11H2,1-2H3. The van der Waals surface area contributed by atoms with Crippen LogP contribution in [0.3, 0.4) is 0 Å². The van der Waals surface area contributed by atoms with Gasteiger partial charge in [-0.3, -0.25) is 13.9 Å². The van der Waals surface area contributed by atoms with Gasteiger partial charge in [-0.15, -0.1) is 0 Å². The van der Waals surface area contributed by atoms with Crippen molar-refractivity contribution < 1.29 is 27.5 Å². The number of methoxy groups -OCH3 is 1. The lowest BCUT2D eigenvalue weighted by Crippen LogP contribution is -2.51. The van der Waals surface area contributed by atoms with Gasteiger partial charge in [-0.1, -0.05) is 12.1 Å². The number of sulfonamides is 1. The van der Waals surface area contributed by atoms with Crippen LogP contribution in [-0.2, 0) is 24.3 Å². The summed E-state index contributed by atoms with van der Waals surface area (Å²) in [6, 6.07) is 6.04. The van der Waals surface area contributed by atoms with E-state index in [9.17, 15) is 22.8 Å². The average molecular weight is 383 g/mol. The fourth-order valence-electron chi connectivity index (χ4n) is 2.65. The Morgan fingerprint density at radius 2 is 1.81 bits per heavy atom. The molecule has 1 fully saturated rings. The van der Waals surface area contributed by atoms with Gasteiger partial charge in [-0.05, 0) is 12.1 Å². The number of hydrogen-bond acceptors (Lipinski definition) is 6. The molecule has 0 aliphatic carbocycles. The second-order valence-electron chi connectivity index (χ2n) is 5.80. The van der Waals surface area contributed by atoms with E-state index in [2.05, 4.69) is 0 Å². The highest BCUT2D eigenvalue weighted by Gasteiger charge is 2.28. The van der Waals surface area contributed by atoms with Crippen LogP contribution < -0.4 is 4.31 Å². The average Bonchev–Trinajstić information content (AvgIpc) is 2.64. The molecule has 1 aliphatic heterocycles. The predicted octanol–water partition coefficient (Wildman–Crippen LogP) is -0.460. The predicted molar refractivity (Wildman–Crippen MR) is 94.2 cm³/mol. The Morgan fingerprint density at radius 3 is 2.35 bits per heavy atom. The van der Waals surface area contributed by atoms with E-state index in [-0.39, 0.29) is 11.3 Å². The second-order valence-corrected chi connectivity index (χ2v) is 7.71. The quantitative estimate of drug-likeness (QED) is 0.486. The Balaban J connectivity index is 2.26. The third-order valence-electron chi connectivity index (χ3n) is 4.07. The van der Waals surface area contributed by atoms with Gasteiger partial charge in [0.2, 0.25) is 22.3 Å². The molecule has 10 heteroatoms. The number of esters is 1. The van der Waals surface area contributed by atoms with E-state index in [1.165, 1.54) is 24.1 Å². The minimum atomic E-state index is -3.82. The van der Waals surface area contributed by atoms with Gasteiger partial charge in [-0.2, -0.15) is 0 Å². The molecule has 1 aliphatic rings. The SMILES string of the molecule is COC(=O)c1ccccc1N(CC(=O)N1CCN(C=O)CC1)S(C)(=O)=O. The summed E-state index contributed by atoms with van der Waals surface area (Å²) in [5.74, 6) is -1.10. The number of rotatable bonds is 6. The molecule has 142 valence electrons. The van der Waals surface area contributed by atoms with Gasteiger partial charge in [0.15, 0.2) is 0 Å². The Hall–Kier alpha value is -2.62. The maximum absolute atomic E-state index is 12.6. The molecule has 0 atom stereocenters. The summed E-state index contributed by atoms with van der Waals surface area (Å²) in [6.45, 7) is 1.01. The number of para-hydroxylation sites is 1. The third kappa shape index (κ3) is 4.51. The number of carbonyl (C=O) groups excluding carboxylic acids is 3. The summed E-state index contributed by atoms with van der Waals surface area (Å²) in [6.07, 6.45) is 1.69. The maximum atomic E-state index is 12.6. The number of amides is 2. The van der Waals surface area contributed by atoms with Crippen molar-refractivity contribution in [2.75, 3.05) is 50.4 Å². The molecule has 0 saturated carbocycles. The van der Waals surface area contributed by atoms with Gasteiger partial charge in [0.1, 0.15) is 6.54 Å². The molecule has 0 N–H and O–H groups in total. The molecule has 26 heavy (non-hydrogen) atoms. The summed E-state index contributed by atoms with van der Waals surface area (Å²) >= 11 is 0. The van der Waals surface area contributed by atoms with E-state index in [4.69, 9.17) is 4.74 Å². The normalized spacial score (nSPS) is 14.7. The number of hydrogen-bond donors (Lipinski definition) is 0. The molecule has 9 nitrogen and oxygen atoms in total. The number of carbonyl (C=O) groups is 3. The zero-order chi connectivity index (χ0) is 19.3. The molecule has 1 heterocycles. The monoisotopic (exact) mass is 383 g/mol. The van der Waals surface area contributed by atoms with Crippen molar-refractivity contribution in [1.29, 1.82) is 0 Å². The van der Waals surface area contributed by atoms with Crippen LogP contribution in [0.25, 0.3) is 0 Å². The topological polar surface area (TPSA) is 104 Å². The molecule has 2 amide bonds. The molecule has 0 radical (unpaired) electrons. The Kier molecular flexibility index (Phi) is 6.19. The fraction of sp³-hybridized carbons (Fsp3) is 0.438. The van der Waals surface area contributed by atoms with Crippen LogP contribution in [0, 0.1) is 0 Å². The number of piperazine rings is 1. The van der Waals surface area contributed by atoms with E-state index in [0.717, 1.165) is 17.0 Å². The first-order valence-corrected chi connectivity index (χ1v) is 9.75. The number of ether oxygens (including phenoxy) is 1. The van der Waals surface area contributed by atoms with E-state index in [1.807, 2.05) is 0 Å². The van der Waals surface area contributed by atoms with Crippen molar-refractivity contribution in [3.8, 4) is 0 Å². The number of anilines is 1. The Bertz CT molecular complexity index is 787. The van der Waals surface area contributed by atoms with Gasteiger partial charge < -0.3 is 14.5 Å². The van der Waals surface area contributed by atoms with Crippen molar-refractivity contribution in [2.45, 2.75) is 0 Å². The van der Waals surface area contributed by atoms with Crippen LogP contribution in [0.1, 0.15) is 10.4 Å². The Morgan fingerprint density at radius 1 is 1.19 bits per heavy atom. The van der Waals surface area contributed by atoms with E-state index < -0.39 is 28.4 Å². The van der Waals surface area contributed by atoms with Crippen molar-refractivity contribution in [3.05, 3.63) is 29.8 Å². The summed E-state index contributed by atoms with van der Waals surface area (Å²) < 4.78 is 30.1. The first-order chi connectivity index (χ1) is 12.3. The molecule has 1 aromatic rings. The largest absolute Gasteiger partial charge is 0.465 e. The molecule has 0 unspecified atom stereocenters. The summed E-state index contributed by atoms with van der Waals surface area (Å²) in [5, 5.41) is 0. The first kappa shape index (κ1) is 19.7. The van der Waals surface area contributed by atoms with Crippen molar-refractivity contribution in [3.63, 3.8) is 0 Å². The fourth-order valence-corrected chi connectivity index (χ4v) is 3.52. The zero-order valence-electron chi connectivity index (χ0n) is 14.6. The molecule has 2 rings (SSSR count). The van der Waals surface area contributed by atoms with Crippen LogP contribution in [0.15, 0.2) is 24.3 Å². The lowest BCUT2D eigenvalue weighted by atomic mass is 10.2. The molecular formula is C16H21N3O6S. The van der Waals surface area contributed by atoms with Crippen LogP contribution in [0.4, 0.5) is 5.69 Å². The lowest BCUT2D eigenvalue weighted by molar-refractivity contribution is -0.133. The van der Waals surface area contributed by atoms with E-state index >= 15 is 0 Å². The van der Waals surface area contributed by atoms with Crippen LogP contribution in [0.2, 0.25) is 0 Å². The highest BCUT2D eigenvalue weighted by Crippen LogP contribution is 2.24. The van der Waals surface area contributed by atoms with E-state index in [1.54, 1.807) is 17.0 Å². The van der Waals surface area contributed by atoms with Crippen LogP contribution >= 0.6 is 0 Å². The van der Waals surface area contributed by atoms with Gasteiger partial charge in [0, 0.05) is 26.2 Å². The minimum absolute atomic E-state index is 0.0546. The van der Waals surface area contributed by atoms with Gasteiger partial charge >= 0.3 is 5.97 Å². The maximum Gasteiger partial charge on any atom is 0.340 e. The smallest absolute Gasteiger partial charge is 0.340 e. The Labute approximate surface area is 152 Å². The highest BCUT2D eigenvalue weighted by atomic mass is 32.2. The van der Waals surface area contributed by atoms with E-state index in [0.29, 0.717) is 26.2 Å². The van der Waals surface area contributed by atoms with Gasteiger partial charge in [0.05, 0.1) is 24.6 Å². The summed E-state index contributed by atoms with van der Waals surface area (Å²) in [5.41, 5.74) is 0.140. The molecule has 1 saturated heterocycles. The van der Waals surface area contributed by atoms with Crippen molar-refractivity contribution in [2.24, 2.45) is 0 Å². The number of benzene rings is 1. The molecule has 0 spiro atoms. The first-order valence-electron chi connectivity index (χ1n) is 7.90. The third-order valence-corrected chi connectivity index (χ3v) is 5.20. The summed E-state index contributed by atoms with van der Waals surface area (Å²) in [4.78, 5) is 38.3. The molecule has 0 bridgehead atoms. The minimum Gasteiger partial charge on any atom is -0.465 e.